The van der Waals surface area contributed by atoms with E-state index in [9.17, 15) is 0 Å². The summed E-state index contributed by atoms with van der Waals surface area (Å²) in [7, 11) is 0. The summed E-state index contributed by atoms with van der Waals surface area (Å²) in [5.74, 6) is 0. The Morgan fingerprint density at radius 2 is 1.95 bits per heavy atom. The van der Waals surface area contributed by atoms with Crippen LogP contribution in [-0.2, 0) is 13.1 Å². The highest BCUT2D eigenvalue weighted by Gasteiger charge is 2.29. The zero-order chi connectivity index (χ0) is 13.1. The van der Waals surface area contributed by atoms with Crippen molar-refractivity contribution in [2.75, 3.05) is 0 Å². The molecule has 19 heavy (non-hydrogen) atoms. The third-order valence-corrected chi connectivity index (χ3v) is 4.33. The molecule has 3 heteroatoms. The molecular weight excluding hydrogens is 252 g/mol. The van der Waals surface area contributed by atoms with Crippen LogP contribution in [0.25, 0.3) is 0 Å². The minimum Gasteiger partial charge on any atom is -0.291 e. The van der Waals surface area contributed by atoms with Crippen molar-refractivity contribution >= 4 is 11.3 Å². The summed E-state index contributed by atoms with van der Waals surface area (Å²) in [6.45, 7) is 2.02. The van der Waals surface area contributed by atoms with E-state index in [1.165, 1.54) is 23.3 Å². The van der Waals surface area contributed by atoms with Crippen LogP contribution in [0.5, 0.6) is 0 Å². The van der Waals surface area contributed by atoms with Gasteiger partial charge in [0.1, 0.15) is 0 Å². The van der Waals surface area contributed by atoms with Gasteiger partial charge in [-0.15, -0.1) is 11.3 Å². The van der Waals surface area contributed by atoms with E-state index < -0.39 is 0 Å². The highest BCUT2D eigenvalue weighted by molar-refractivity contribution is 7.09. The predicted octanol–water partition coefficient (Wildman–Crippen LogP) is 3.78. The molecule has 96 valence electrons. The molecular formula is C16H16N2S. The van der Waals surface area contributed by atoms with Gasteiger partial charge in [0.05, 0.1) is 11.6 Å². The maximum absolute atomic E-state index is 8.82. The first-order valence-corrected chi connectivity index (χ1v) is 7.48. The van der Waals surface area contributed by atoms with E-state index in [0.29, 0.717) is 0 Å². The van der Waals surface area contributed by atoms with Gasteiger partial charge in [0.2, 0.25) is 0 Å². The van der Waals surface area contributed by atoms with Gasteiger partial charge in [-0.2, -0.15) is 5.26 Å². The highest BCUT2D eigenvalue weighted by atomic mass is 32.1. The van der Waals surface area contributed by atoms with Gasteiger partial charge in [0.25, 0.3) is 0 Å². The third-order valence-electron chi connectivity index (χ3n) is 3.47. The fourth-order valence-electron chi connectivity index (χ4n) is 2.28. The van der Waals surface area contributed by atoms with Crippen LogP contribution in [0.4, 0.5) is 0 Å². The third kappa shape index (κ3) is 3.23. The fraction of sp³-hybridized carbons (Fsp3) is 0.312. The number of benzene rings is 1. The Labute approximate surface area is 117 Å². The minimum atomic E-state index is 0.736. The average molecular weight is 268 g/mol. The Morgan fingerprint density at radius 1 is 1.16 bits per heavy atom. The molecule has 1 aromatic heterocycles. The van der Waals surface area contributed by atoms with Gasteiger partial charge in [-0.05, 0) is 42.0 Å². The summed E-state index contributed by atoms with van der Waals surface area (Å²) in [6, 6.07) is 15.2. The van der Waals surface area contributed by atoms with E-state index in [1.54, 1.807) is 0 Å². The summed E-state index contributed by atoms with van der Waals surface area (Å²) in [5.41, 5.74) is 2.03. The number of rotatable bonds is 5. The topological polar surface area (TPSA) is 27.0 Å². The van der Waals surface area contributed by atoms with Crippen LogP contribution in [0, 0.1) is 11.3 Å². The summed E-state index contributed by atoms with van der Waals surface area (Å²) < 4.78 is 0. The van der Waals surface area contributed by atoms with Gasteiger partial charge in [0, 0.05) is 24.0 Å². The molecule has 0 bridgehead atoms. The fourth-order valence-corrected chi connectivity index (χ4v) is 3.01. The summed E-state index contributed by atoms with van der Waals surface area (Å²) >= 11 is 1.83. The molecule has 0 radical (unpaired) electrons. The molecule has 1 fully saturated rings. The molecule has 0 saturated heterocycles. The Kier molecular flexibility index (Phi) is 3.63. The Morgan fingerprint density at radius 3 is 2.53 bits per heavy atom. The summed E-state index contributed by atoms with van der Waals surface area (Å²) in [6.07, 6.45) is 2.64. The van der Waals surface area contributed by atoms with Crippen molar-refractivity contribution in [2.45, 2.75) is 32.0 Å². The zero-order valence-corrected chi connectivity index (χ0v) is 11.6. The molecule has 0 aliphatic heterocycles. The van der Waals surface area contributed by atoms with E-state index >= 15 is 0 Å². The van der Waals surface area contributed by atoms with Crippen molar-refractivity contribution in [3.8, 4) is 6.07 Å². The van der Waals surface area contributed by atoms with Gasteiger partial charge >= 0.3 is 0 Å². The SMILES string of the molecule is N#Cc1ccc(CN(Cc2cccs2)C2CC2)cc1. The van der Waals surface area contributed by atoms with Crippen LogP contribution in [0.1, 0.15) is 28.8 Å². The molecule has 0 amide bonds. The average Bonchev–Trinajstić information content (AvgIpc) is 3.17. The number of hydrogen-bond acceptors (Lipinski definition) is 3. The van der Waals surface area contributed by atoms with Crippen molar-refractivity contribution in [3.05, 3.63) is 57.8 Å². The number of nitrogens with zero attached hydrogens (tertiary/aromatic N) is 2. The van der Waals surface area contributed by atoms with E-state index in [4.69, 9.17) is 5.26 Å². The van der Waals surface area contributed by atoms with E-state index in [1.807, 2.05) is 23.5 Å². The molecule has 3 rings (SSSR count). The Balaban J connectivity index is 1.69. The second kappa shape index (κ2) is 5.56. The standard InChI is InChI=1S/C16H16N2S/c17-10-13-3-5-14(6-4-13)11-18(15-7-8-15)12-16-2-1-9-19-16/h1-6,9,15H,7-8,11-12H2. The van der Waals surface area contributed by atoms with Crippen molar-refractivity contribution in [1.29, 1.82) is 5.26 Å². The lowest BCUT2D eigenvalue weighted by Gasteiger charge is -2.21. The van der Waals surface area contributed by atoms with Crippen LogP contribution in [0.2, 0.25) is 0 Å². The second-order valence-corrected chi connectivity index (χ2v) is 6.06. The molecule has 0 N–H and O–H groups in total. The van der Waals surface area contributed by atoms with Crippen molar-refractivity contribution in [1.82, 2.24) is 4.90 Å². The second-order valence-electron chi connectivity index (χ2n) is 5.02. The number of hydrogen-bond donors (Lipinski definition) is 0. The quantitative estimate of drug-likeness (QED) is 0.825. The summed E-state index contributed by atoms with van der Waals surface area (Å²) in [4.78, 5) is 3.98. The van der Waals surface area contributed by atoms with Crippen molar-refractivity contribution in [3.63, 3.8) is 0 Å². The van der Waals surface area contributed by atoms with E-state index in [2.05, 4.69) is 40.6 Å². The maximum Gasteiger partial charge on any atom is 0.0991 e. The zero-order valence-electron chi connectivity index (χ0n) is 10.7. The molecule has 2 aromatic rings. The van der Waals surface area contributed by atoms with Crippen LogP contribution in [0.15, 0.2) is 41.8 Å². The first kappa shape index (κ1) is 12.4. The first-order valence-electron chi connectivity index (χ1n) is 6.60. The minimum absolute atomic E-state index is 0.736. The molecule has 1 aliphatic carbocycles. The molecule has 0 spiro atoms. The van der Waals surface area contributed by atoms with Crippen LogP contribution in [0.3, 0.4) is 0 Å². The molecule has 2 nitrogen and oxygen atoms in total. The van der Waals surface area contributed by atoms with Gasteiger partial charge in [-0.3, -0.25) is 4.90 Å². The molecule has 0 atom stereocenters. The lowest BCUT2D eigenvalue weighted by molar-refractivity contribution is 0.248. The highest BCUT2D eigenvalue weighted by Crippen LogP contribution is 2.30. The van der Waals surface area contributed by atoms with Gasteiger partial charge in [-0.1, -0.05) is 18.2 Å². The number of thiophene rings is 1. The van der Waals surface area contributed by atoms with Crippen molar-refractivity contribution < 1.29 is 0 Å². The van der Waals surface area contributed by atoms with Crippen LogP contribution in [-0.4, -0.2) is 10.9 Å². The Hall–Kier alpha value is -1.63. The smallest absolute Gasteiger partial charge is 0.0991 e. The van der Waals surface area contributed by atoms with Gasteiger partial charge in [0.15, 0.2) is 0 Å². The largest absolute Gasteiger partial charge is 0.291 e. The van der Waals surface area contributed by atoms with Gasteiger partial charge in [-0.25, -0.2) is 0 Å². The lowest BCUT2D eigenvalue weighted by atomic mass is 10.1. The van der Waals surface area contributed by atoms with Gasteiger partial charge < -0.3 is 0 Å². The molecule has 0 unspecified atom stereocenters. The predicted molar refractivity (Wildman–Crippen MR) is 77.7 cm³/mol. The van der Waals surface area contributed by atoms with Crippen molar-refractivity contribution in [2.24, 2.45) is 0 Å². The van der Waals surface area contributed by atoms with E-state index in [0.717, 1.165) is 24.7 Å². The molecule has 1 aliphatic rings. The number of nitriles is 1. The molecule has 1 heterocycles. The summed E-state index contributed by atoms with van der Waals surface area (Å²) in [5, 5.41) is 11.0. The molecule has 1 aromatic carbocycles. The maximum atomic E-state index is 8.82. The van der Waals surface area contributed by atoms with Crippen LogP contribution < -0.4 is 0 Å². The first-order chi connectivity index (χ1) is 9.35. The van der Waals surface area contributed by atoms with E-state index in [-0.39, 0.29) is 0 Å². The van der Waals surface area contributed by atoms with Crippen LogP contribution >= 0.6 is 11.3 Å². The molecule has 1 saturated carbocycles. The monoisotopic (exact) mass is 268 g/mol. The normalized spacial score (nSPS) is 14.5. The lowest BCUT2D eigenvalue weighted by Crippen LogP contribution is -2.24. The Bertz CT molecular complexity index is 562.